The molecule has 176 valence electrons. The van der Waals surface area contributed by atoms with Crippen LogP contribution in [0.1, 0.15) is 51.6 Å². The summed E-state index contributed by atoms with van der Waals surface area (Å²) in [6.07, 6.45) is 2.43. The maximum atomic E-state index is 13.7. The number of likely N-dealkylation sites (N-methyl/N-ethyl adjacent to an activating group) is 1. The molecule has 7 nitrogen and oxygen atoms in total. The number of carbonyl (C=O) groups excluding carboxylic acids is 2. The molecule has 2 amide bonds. The number of amidine groups is 1. The van der Waals surface area contributed by atoms with Gasteiger partial charge in [0.25, 0.3) is 5.91 Å². The van der Waals surface area contributed by atoms with Crippen molar-refractivity contribution in [2.45, 2.75) is 46.1 Å². The fraction of sp³-hybridized carbons (Fsp3) is 0.480. The fourth-order valence-electron chi connectivity index (χ4n) is 4.68. The molecule has 3 heterocycles. The average molecular weight is 469 g/mol. The molecule has 3 aliphatic heterocycles. The van der Waals surface area contributed by atoms with Gasteiger partial charge in [-0.3, -0.25) is 9.59 Å². The van der Waals surface area contributed by atoms with Gasteiger partial charge in [0.1, 0.15) is 5.75 Å². The molecule has 0 radical (unpaired) electrons. The second-order valence-corrected chi connectivity index (χ2v) is 9.25. The summed E-state index contributed by atoms with van der Waals surface area (Å²) in [5.41, 5.74) is 3.20. The first-order valence-corrected chi connectivity index (χ1v) is 12.5. The van der Waals surface area contributed by atoms with Gasteiger partial charge in [-0.05, 0) is 56.7 Å². The van der Waals surface area contributed by atoms with Gasteiger partial charge in [0.05, 0.1) is 30.8 Å². The van der Waals surface area contributed by atoms with Gasteiger partial charge in [0, 0.05) is 31.9 Å². The topological polar surface area (TPSA) is 65.5 Å². The monoisotopic (exact) mass is 468 g/mol. The minimum atomic E-state index is -0.367. The number of rotatable bonds is 7. The maximum Gasteiger partial charge on any atom is 0.254 e. The van der Waals surface area contributed by atoms with E-state index in [2.05, 4.69) is 4.90 Å². The summed E-state index contributed by atoms with van der Waals surface area (Å²) < 4.78 is 5.49. The molecule has 3 aliphatic rings. The van der Waals surface area contributed by atoms with Gasteiger partial charge in [-0.1, -0.05) is 23.9 Å². The molecular formula is C25H32N4O3S. The zero-order chi connectivity index (χ0) is 23.5. The van der Waals surface area contributed by atoms with E-state index in [1.165, 1.54) is 11.8 Å². The molecule has 1 aromatic rings. The molecule has 8 heteroatoms. The standard InChI is InChI=1S/C25H32N4O3S/c1-5-27(6-2)24(31)22-17(3)26-25-29(23(22)18-10-9-11-20(14-18)32-4)19(16-33-25)15-21(30)28-12-7-8-13-28/h9-11,14,16,23H,5-8,12-13,15H2,1-4H3. The Hall–Kier alpha value is -2.74. The molecule has 1 aromatic carbocycles. The van der Waals surface area contributed by atoms with Crippen molar-refractivity contribution in [2.75, 3.05) is 33.3 Å². The number of hydrogen-bond donors (Lipinski definition) is 0. The van der Waals surface area contributed by atoms with Crippen molar-refractivity contribution in [3.63, 3.8) is 0 Å². The van der Waals surface area contributed by atoms with E-state index >= 15 is 0 Å². The Kier molecular flexibility index (Phi) is 7.12. The van der Waals surface area contributed by atoms with E-state index in [0.29, 0.717) is 25.1 Å². The van der Waals surface area contributed by atoms with E-state index in [1.807, 2.05) is 60.2 Å². The van der Waals surface area contributed by atoms with E-state index in [1.54, 1.807) is 7.11 Å². The van der Waals surface area contributed by atoms with Crippen LogP contribution in [-0.4, -0.2) is 65.0 Å². The summed E-state index contributed by atoms with van der Waals surface area (Å²) >= 11 is 1.52. The third-order valence-electron chi connectivity index (χ3n) is 6.48. The van der Waals surface area contributed by atoms with Gasteiger partial charge in [-0.25, -0.2) is 4.99 Å². The van der Waals surface area contributed by atoms with Gasteiger partial charge in [-0.2, -0.15) is 0 Å². The smallest absolute Gasteiger partial charge is 0.254 e. The SMILES string of the molecule is CCN(CC)C(=O)C1=C(C)N=C2SC=C(CC(=O)N3CCCC3)N2C1c1cccc(OC)c1. The number of methoxy groups -OCH3 is 1. The average Bonchev–Trinajstić information content (AvgIpc) is 3.49. The number of benzene rings is 1. The van der Waals surface area contributed by atoms with Crippen LogP contribution >= 0.6 is 11.8 Å². The maximum absolute atomic E-state index is 13.7. The highest BCUT2D eigenvalue weighted by Crippen LogP contribution is 2.45. The molecule has 0 N–H and O–H groups in total. The molecule has 1 atom stereocenters. The molecule has 4 rings (SSSR count). The van der Waals surface area contributed by atoms with Crippen LogP contribution in [0.25, 0.3) is 0 Å². The largest absolute Gasteiger partial charge is 0.497 e. The number of ether oxygens (including phenoxy) is 1. The Morgan fingerprint density at radius 2 is 1.94 bits per heavy atom. The van der Waals surface area contributed by atoms with Crippen LogP contribution in [0.5, 0.6) is 5.75 Å². The van der Waals surface area contributed by atoms with E-state index in [9.17, 15) is 9.59 Å². The van der Waals surface area contributed by atoms with E-state index in [-0.39, 0.29) is 17.9 Å². The number of thioether (sulfide) groups is 1. The lowest BCUT2D eigenvalue weighted by Crippen LogP contribution is -2.42. The highest BCUT2D eigenvalue weighted by Gasteiger charge is 2.41. The number of fused-ring (bicyclic) bond motifs is 1. The number of amides is 2. The Morgan fingerprint density at radius 1 is 1.21 bits per heavy atom. The number of aliphatic imine (C=N–C) groups is 1. The summed E-state index contributed by atoms with van der Waals surface area (Å²) in [7, 11) is 1.64. The second-order valence-electron chi connectivity index (χ2n) is 8.41. The molecule has 33 heavy (non-hydrogen) atoms. The van der Waals surface area contributed by atoms with Gasteiger partial charge in [0.2, 0.25) is 5.91 Å². The summed E-state index contributed by atoms with van der Waals surface area (Å²) in [6.45, 7) is 8.77. The molecule has 1 unspecified atom stereocenters. The van der Waals surface area contributed by atoms with Crippen LogP contribution in [0.4, 0.5) is 0 Å². The van der Waals surface area contributed by atoms with Crippen molar-refractivity contribution in [3.05, 3.63) is 52.2 Å². The fourth-order valence-corrected chi connectivity index (χ4v) is 5.65. The van der Waals surface area contributed by atoms with Crippen LogP contribution in [0.3, 0.4) is 0 Å². The number of likely N-dealkylation sites (tertiary alicyclic amines) is 1. The zero-order valence-electron chi connectivity index (χ0n) is 19.8. The highest BCUT2D eigenvalue weighted by molar-refractivity contribution is 8.16. The van der Waals surface area contributed by atoms with Gasteiger partial charge in [0.15, 0.2) is 5.17 Å². The molecule has 0 aromatic heterocycles. The molecule has 0 aliphatic carbocycles. The number of allylic oxidation sites excluding steroid dienone is 1. The number of hydrogen-bond acceptors (Lipinski definition) is 6. The Balaban J connectivity index is 1.75. The van der Waals surface area contributed by atoms with Crippen LogP contribution in [0.2, 0.25) is 0 Å². The summed E-state index contributed by atoms with van der Waals surface area (Å²) in [4.78, 5) is 37.3. The molecule has 1 saturated heterocycles. The van der Waals surface area contributed by atoms with Gasteiger partial charge >= 0.3 is 0 Å². The number of nitrogens with zero attached hydrogens (tertiary/aromatic N) is 4. The minimum absolute atomic E-state index is 0.0183. The summed E-state index contributed by atoms with van der Waals surface area (Å²) in [6, 6.07) is 7.46. The van der Waals surface area contributed by atoms with Crippen molar-refractivity contribution in [1.29, 1.82) is 0 Å². The van der Waals surface area contributed by atoms with Crippen molar-refractivity contribution >= 4 is 28.7 Å². The summed E-state index contributed by atoms with van der Waals surface area (Å²) in [5.74, 6) is 0.845. The first kappa shape index (κ1) is 23.4. The van der Waals surface area contributed by atoms with E-state index < -0.39 is 0 Å². The Labute approximate surface area is 200 Å². The second kappa shape index (κ2) is 10.0. The lowest BCUT2D eigenvalue weighted by molar-refractivity contribution is -0.129. The quantitative estimate of drug-likeness (QED) is 0.602. The lowest BCUT2D eigenvalue weighted by Gasteiger charge is -2.38. The molecule has 0 spiro atoms. The summed E-state index contributed by atoms with van der Waals surface area (Å²) in [5, 5.41) is 2.82. The zero-order valence-corrected chi connectivity index (χ0v) is 20.7. The van der Waals surface area contributed by atoms with Crippen LogP contribution in [-0.2, 0) is 9.59 Å². The van der Waals surface area contributed by atoms with Crippen molar-refractivity contribution in [3.8, 4) is 5.75 Å². The predicted molar refractivity (Wildman–Crippen MR) is 132 cm³/mol. The van der Waals surface area contributed by atoms with Crippen LogP contribution < -0.4 is 4.74 Å². The Bertz CT molecular complexity index is 1020. The normalized spacial score (nSPS) is 19.9. The Morgan fingerprint density at radius 3 is 2.61 bits per heavy atom. The molecule has 1 fully saturated rings. The van der Waals surface area contributed by atoms with Crippen LogP contribution in [0, 0.1) is 0 Å². The van der Waals surface area contributed by atoms with Crippen molar-refractivity contribution in [2.24, 2.45) is 4.99 Å². The van der Waals surface area contributed by atoms with Crippen molar-refractivity contribution < 1.29 is 14.3 Å². The minimum Gasteiger partial charge on any atom is -0.497 e. The first-order valence-electron chi connectivity index (χ1n) is 11.6. The first-order chi connectivity index (χ1) is 16.0. The predicted octanol–water partition coefficient (Wildman–Crippen LogP) is 4.15. The molecular weight excluding hydrogens is 436 g/mol. The third kappa shape index (κ3) is 4.53. The lowest BCUT2D eigenvalue weighted by atomic mass is 9.92. The number of carbonyl (C=O) groups is 2. The molecule has 0 bridgehead atoms. The van der Waals surface area contributed by atoms with Gasteiger partial charge in [-0.15, -0.1) is 0 Å². The van der Waals surface area contributed by atoms with Crippen LogP contribution in [0.15, 0.2) is 51.6 Å². The van der Waals surface area contributed by atoms with Gasteiger partial charge < -0.3 is 19.4 Å². The third-order valence-corrected chi connectivity index (χ3v) is 7.37. The van der Waals surface area contributed by atoms with E-state index in [0.717, 1.165) is 53.8 Å². The van der Waals surface area contributed by atoms with Crippen molar-refractivity contribution in [1.82, 2.24) is 14.7 Å². The van der Waals surface area contributed by atoms with E-state index in [4.69, 9.17) is 9.73 Å². The highest BCUT2D eigenvalue weighted by atomic mass is 32.2. The molecule has 0 saturated carbocycles.